The molecule has 0 saturated heterocycles. The number of benzene rings is 1. The van der Waals surface area contributed by atoms with Gasteiger partial charge in [0.15, 0.2) is 5.69 Å². The molecule has 1 aromatic carbocycles. The SMILES string of the molecule is O=C(NCC1(O)CCC1)c1n[nH]c(=O)c2ccccc12. The molecule has 1 aromatic heterocycles. The van der Waals surface area contributed by atoms with Crippen LogP contribution in [0.15, 0.2) is 29.1 Å². The Morgan fingerprint density at radius 2 is 2.05 bits per heavy atom. The molecule has 1 saturated carbocycles. The van der Waals surface area contributed by atoms with Crippen LogP contribution in [0.5, 0.6) is 0 Å². The maximum atomic E-state index is 12.1. The maximum absolute atomic E-state index is 12.1. The number of nitrogens with zero attached hydrogens (tertiary/aromatic N) is 1. The summed E-state index contributed by atoms with van der Waals surface area (Å²) in [5, 5.41) is 19.7. The monoisotopic (exact) mass is 273 g/mol. The number of rotatable bonds is 3. The van der Waals surface area contributed by atoms with Crippen molar-refractivity contribution in [1.29, 1.82) is 0 Å². The van der Waals surface area contributed by atoms with E-state index in [1.165, 1.54) is 0 Å². The Balaban J connectivity index is 1.88. The van der Waals surface area contributed by atoms with E-state index in [0.29, 0.717) is 23.6 Å². The van der Waals surface area contributed by atoms with Crippen molar-refractivity contribution in [3.8, 4) is 0 Å². The lowest BCUT2D eigenvalue weighted by atomic mass is 9.80. The number of fused-ring (bicyclic) bond motifs is 1. The van der Waals surface area contributed by atoms with E-state index < -0.39 is 11.5 Å². The molecule has 3 rings (SSSR count). The number of nitrogens with one attached hydrogen (secondary N) is 2. The zero-order valence-corrected chi connectivity index (χ0v) is 10.8. The number of hydrogen-bond acceptors (Lipinski definition) is 4. The van der Waals surface area contributed by atoms with Gasteiger partial charge in [-0.05, 0) is 25.3 Å². The zero-order chi connectivity index (χ0) is 14.2. The van der Waals surface area contributed by atoms with E-state index in [0.717, 1.165) is 6.42 Å². The number of hydrogen-bond donors (Lipinski definition) is 3. The number of aliphatic hydroxyl groups is 1. The van der Waals surface area contributed by atoms with Crippen LogP contribution in [0.25, 0.3) is 10.8 Å². The van der Waals surface area contributed by atoms with Crippen LogP contribution in [-0.4, -0.2) is 33.4 Å². The summed E-state index contributed by atoms with van der Waals surface area (Å²) < 4.78 is 0. The van der Waals surface area contributed by atoms with E-state index in [-0.39, 0.29) is 17.8 Å². The minimum Gasteiger partial charge on any atom is -0.388 e. The first-order valence-electron chi connectivity index (χ1n) is 6.57. The van der Waals surface area contributed by atoms with Gasteiger partial charge < -0.3 is 10.4 Å². The first-order valence-corrected chi connectivity index (χ1v) is 6.57. The highest BCUT2D eigenvalue weighted by atomic mass is 16.3. The van der Waals surface area contributed by atoms with E-state index in [1.807, 2.05) is 0 Å². The average Bonchev–Trinajstić information content (AvgIpc) is 2.43. The van der Waals surface area contributed by atoms with Gasteiger partial charge in [0.2, 0.25) is 0 Å². The van der Waals surface area contributed by atoms with E-state index >= 15 is 0 Å². The molecule has 0 unspecified atom stereocenters. The van der Waals surface area contributed by atoms with Crippen molar-refractivity contribution >= 4 is 16.7 Å². The van der Waals surface area contributed by atoms with Gasteiger partial charge in [-0.3, -0.25) is 9.59 Å². The molecule has 1 fully saturated rings. The van der Waals surface area contributed by atoms with Crippen LogP contribution in [0.3, 0.4) is 0 Å². The molecule has 0 atom stereocenters. The first-order chi connectivity index (χ1) is 9.59. The van der Waals surface area contributed by atoms with Crippen molar-refractivity contribution < 1.29 is 9.90 Å². The van der Waals surface area contributed by atoms with Crippen molar-refractivity contribution in [2.24, 2.45) is 0 Å². The third-order valence-electron chi connectivity index (χ3n) is 3.77. The highest BCUT2D eigenvalue weighted by Gasteiger charge is 2.34. The Morgan fingerprint density at radius 1 is 1.35 bits per heavy atom. The van der Waals surface area contributed by atoms with E-state index in [4.69, 9.17) is 0 Å². The molecule has 0 aliphatic heterocycles. The predicted octanol–water partition coefficient (Wildman–Crippen LogP) is 0.568. The molecule has 2 aromatic rings. The summed E-state index contributed by atoms with van der Waals surface area (Å²) >= 11 is 0. The highest BCUT2D eigenvalue weighted by Crippen LogP contribution is 2.30. The fourth-order valence-corrected chi connectivity index (χ4v) is 2.38. The van der Waals surface area contributed by atoms with E-state index in [1.54, 1.807) is 24.3 Å². The molecule has 1 amide bonds. The Labute approximate surface area is 114 Å². The second-order valence-electron chi connectivity index (χ2n) is 5.21. The van der Waals surface area contributed by atoms with Gasteiger partial charge >= 0.3 is 0 Å². The lowest BCUT2D eigenvalue weighted by molar-refractivity contribution is -0.0300. The predicted molar refractivity (Wildman–Crippen MR) is 73.5 cm³/mol. The number of carbonyl (C=O) groups excluding carboxylic acids is 1. The Morgan fingerprint density at radius 3 is 2.70 bits per heavy atom. The van der Waals surface area contributed by atoms with Gasteiger partial charge in [0.25, 0.3) is 11.5 Å². The molecule has 6 nitrogen and oxygen atoms in total. The summed E-state index contributed by atoms with van der Waals surface area (Å²) in [5.41, 5.74) is -0.939. The normalized spacial score (nSPS) is 16.6. The summed E-state index contributed by atoms with van der Waals surface area (Å²) in [6.45, 7) is 0.209. The van der Waals surface area contributed by atoms with Gasteiger partial charge in [-0.15, -0.1) is 0 Å². The van der Waals surface area contributed by atoms with Gasteiger partial charge in [-0.2, -0.15) is 5.10 Å². The fraction of sp³-hybridized carbons (Fsp3) is 0.357. The number of carbonyl (C=O) groups is 1. The Kier molecular flexibility index (Phi) is 3.02. The average molecular weight is 273 g/mol. The third kappa shape index (κ3) is 2.18. The van der Waals surface area contributed by atoms with Crippen molar-refractivity contribution in [3.63, 3.8) is 0 Å². The molecule has 0 radical (unpaired) electrons. The van der Waals surface area contributed by atoms with Gasteiger partial charge in [0.1, 0.15) is 0 Å². The lowest BCUT2D eigenvalue weighted by Gasteiger charge is -2.36. The van der Waals surface area contributed by atoms with Crippen molar-refractivity contribution in [2.45, 2.75) is 24.9 Å². The van der Waals surface area contributed by atoms with Crippen LogP contribution < -0.4 is 10.9 Å². The van der Waals surface area contributed by atoms with Crippen LogP contribution in [0.4, 0.5) is 0 Å². The Hall–Kier alpha value is -2.21. The van der Waals surface area contributed by atoms with Gasteiger partial charge in [0, 0.05) is 11.9 Å². The van der Waals surface area contributed by atoms with E-state index in [9.17, 15) is 14.7 Å². The van der Waals surface area contributed by atoms with Crippen molar-refractivity contribution in [1.82, 2.24) is 15.5 Å². The molecule has 20 heavy (non-hydrogen) atoms. The number of aromatic amines is 1. The molecule has 3 N–H and O–H groups in total. The quantitative estimate of drug-likeness (QED) is 0.761. The van der Waals surface area contributed by atoms with E-state index in [2.05, 4.69) is 15.5 Å². The second kappa shape index (κ2) is 4.72. The minimum absolute atomic E-state index is 0.170. The molecule has 1 aliphatic carbocycles. The Bertz CT molecular complexity index is 719. The molecule has 104 valence electrons. The summed E-state index contributed by atoms with van der Waals surface area (Å²) in [6, 6.07) is 6.81. The van der Waals surface area contributed by atoms with Crippen LogP contribution in [0.1, 0.15) is 29.8 Å². The summed E-state index contributed by atoms with van der Waals surface area (Å²) in [5.74, 6) is -0.391. The summed E-state index contributed by atoms with van der Waals surface area (Å²) in [4.78, 5) is 23.8. The largest absolute Gasteiger partial charge is 0.388 e. The van der Waals surface area contributed by atoms with Gasteiger partial charge in [0.05, 0.1) is 11.0 Å². The highest BCUT2D eigenvalue weighted by molar-refractivity contribution is 6.04. The smallest absolute Gasteiger partial charge is 0.272 e. The van der Waals surface area contributed by atoms with Gasteiger partial charge in [-0.25, -0.2) is 5.10 Å². The third-order valence-corrected chi connectivity index (χ3v) is 3.77. The molecule has 0 spiro atoms. The summed E-state index contributed by atoms with van der Waals surface area (Å²) in [7, 11) is 0. The number of H-pyrrole nitrogens is 1. The lowest BCUT2D eigenvalue weighted by Crippen LogP contribution is -2.48. The molecule has 1 aliphatic rings. The summed E-state index contributed by atoms with van der Waals surface area (Å²) in [6.07, 6.45) is 2.38. The molecule has 6 heteroatoms. The fourth-order valence-electron chi connectivity index (χ4n) is 2.38. The molecule has 1 heterocycles. The first kappa shape index (κ1) is 12.8. The van der Waals surface area contributed by atoms with Crippen LogP contribution >= 0.6 is 0 Å². The van der Waals surface area contributed by atoms with Crippen LogP contribution in [0, 0.1) is 0 Å². The van der Waals surface area contributed by atoms with Crippen LogP contribution in [-0.2, 0) is 0 Å². The van der Waals surface area contributed by atoms with Crippen LogP contribution in [0.2, 0.25) is 0 Å². The van der Waals surface area contributed by atoms with Gasteiger partial charge in [-0.1, -0.05) is 18.2 Å². The minimum atomic E-state index is -0.784. The molecule has 0 bridgehead atoms. The molecular formula is C14H15N3O3. The second-order valence-corrected chi connectivity index (χ2v) is 5.21. The van der Waals surface area contributed by atoms with Crippen molar-refractivity contribution in [3.05, 3.63) is 40.3 Å². The standard InChI is InChI=1S/C14H15N3O3/c18-12-10-5-2-1-4-9(10)11(16-17-12)13(19)15-8-14(20)6-3-7-14/h1-2,4-5,20H,3,6-8H2,(H,15,19)(H,17,18). The topological polar surface area (TPSA) is 95.1 Å². The zero-order valence-electron chi connectivity index (χ0n) is 10.8. The number of aromatic nitrogens is 2. The number of amides is 1. The maximum Gasteiger partial charge on any atom is 0.272 e. The van der Waals surface area contributed by atoms with Crippen molar-refractivity contribution in [2.75, 3.05) is 6.54 Å². The molecular weight excluding hydrogens is 258 g/mol.